The zero-order valence-corrected chi connectivity index (χ0v) is 26.4. The SMILES string of the molecule is CC(C)(O)C(NC(=O)[C@@H]1CN(C(=O)c2cncs2)CC12CN(C(=O)C(C)(C)C1CC1)C2)c1cccc(C2CCOCC2)n1. The Balaban J connectivity index is 1.24. The number of aromatic nitrogens is 2. The van der Waals surface area contributed by atoms with Crippen LogP contribution in [0, 0.1) is 22.7 Å². The first-order chi connectivity index (χ1) is 20.4. The summed E-state index contributed by atoms with van der Waals surface area (Å²) >= 11 is 1.28. The van der Waals surface area contributed by atoms with E-state index in [4.69, 9.17) is 9.72 Å². The molecular weight excluding hydrogens is 566 g/mol. The average molecular weight is 610 g/mol. The van der Waals surface area contributed by atoms with Gasteiger partial charge in [-0.15, -0.1) is 11.3 Å². The molecule has 3 saturated heterocycles. The molecule has 2 atom stereocenters. The summed E-state index contributed by atoms with van der Waals surface area (Å²) in [5.74, 6) is -0.129. The van der Waals surface area contributed by atoms with Crippen molar-refractivity contribution in [3.05, 3.63) is 46.2 Å². The van der Waals surface area contributed by atoms with Crippen LogP contribution in [0.2, 0.25) is 0 Å². The fourth-order valence-corrected chi connectivity index (χ4v) is 7.82. The zero-order valence-electron chi connectivity index (χ0n) is 25.5. The van der Waals surface area contributed by atoms with Gasteiger partial charge in [-0.25, -0.2) is 0 Å². The van der Waals surface area contributed by atoms with E-state index in [9.17, 15) is 19.5 Å². The van der Waals surface area contributed by atoms with Crippen molar-refractivity contribution < 1.29 is 24.2 Å². The molecule has 0 radical (unpaired) electrons. The van der Waals surface area contributed by atoms with Gasteiger partial charge >= 0.3 is 0 Å². The zero-order chi connectivity index (χ0) is 30.6. The van der Waals surface area contributed by atoms with Gasteiger partial charge in [-0.05, 0) is 57.6 Å². The van der Waals surface area contributed by atoms with Gasteiger partial charge in [-0.3, -0.25) is 24.4 Å². The molecule has 5 heterocycles. The van der Waals surface area contributed by atoms with Crippen molar-refractivity contribution in [2.75, 3.05) is 39.4 Å². The van der Waals surface area contributed by atoms with E-state index in [2.05, 4.69) is 10.3 Å². The third kappa shape index (κ3) is 5.83. The molecule has 0 bridgehead atoms. The van der Waals surface area contributed by atoms with E-state index >= 15 is 0 Å². The molecule has 1 aliphatic carbocycles. The maximum absolute atomic E-state index is 14.2. The molecule has 6 rings (SSSR count). The molecule has 3 amide bonds. The molecule has 2 aromatic heterocycles. The van der Waals surface area contributed by atoms with Gasteiger partial charge < -0.3 is 25.0 Å². The van der Waals surface area contributed by atoms with Crippen LogP contribution in [-0.2, 0) is 14.3 Å². The summed E-state index contributed by atoms with van der Waals surface area (Å²) in [6, 6.07) is 5.02. The Kier molecular flexibility index (Phi) is 7.88. The second kappa shape index (κ2) is 11.2. The van der Waals surface area contributed by atoms with Crippen molar-refractivity contribution in [3.63, 3.8) is 0 Å². The summed E-state index contributed by atoms with van der Waals surface area (Å²) in [7, 11) is 0. The monoisotopic (exact) mass is 609 g/mol. The van der Waals surface area contributed by atoms with Gasteiger partial charge in [0.1, 0.15) is 4.88 Å². The van der Waals surface area contributed by atoms with E-state index in [1.165, 1.54) is 11.3 Å². The predicted octanol–water partition coefficient (Wildman–Crippen LogP) is 3.40. The Morgan fingerprint density at radius 1 is 1.07 bits per heavy atom. The van der Waals surface area contributed by atoms with Crippen LogP contribution in [0.25, 0.3) is 0 Å². The second-order valence-electron chi connectivity index (χ2n) is 14.1. The minimum absolute atomic E-state index is 0.121. The van der Waals surface area contributed by atoms with Crippen LogP contribution in [0.4, 0.5) is 0 Å². The number of thiazole rings is 1. The molecule has 4 aliphatic rings. The number of amides is 3. The van der Waals surface area contributed by atoms with Gasteiger partial charge in [0.2, 0.25) is 11.8 Å². The third-order valence-electron chi connectivity index (χ3n) is 10.1. The smallest absolute Gasteiger partial charge is 0.265 e. The lowest BCUT2D eigenvalue weighted by atomic mass is 9.69. The van der Waals surface area contributed by atoms with Crippen molar-refractivity contribution in [2.24, 2.45) is 22.7 Å². The first kappa shape index (κ1) is 30.1. The quantitative estimate of drug-likeness (QED) is 0.470. The molecule has 232 valence electrons. The first-order valence-corrected chi connectivity index (χ1v) is 16.3. The Bertz CT molecular complexity index is 1360. The number of rotatable bonds is 8. The van der Waals surface area contributed by atoms with E-state index in [1.54, 1.807) is 30.5 Å². The Hall–Kier alpha value is -2.89. The maximum atomic E-state index is 14.2. The molecule has 4 fully saturated rings. The number of nitrogens with zero attached hydrogens (tertiary/aromatic N) is 4. The summed E-state index contributed by atoms with van der Waals surface area (Å²) in [4.78, 5) is 54.2. The van der Waals surface area contributed by atoms with Crippen molar-refractivity contribution >= 4 is 29.1 Å². The fourth-order valence-electron chi connectivity index (χ4n) is 7.23. The van der Waals surface area contributed by atoms with Crippen molar-refractivity contribution in [1.82, 2.24) is 25.1 Å². The maximum Gasteiger partial charge on any atom is 0.265 e. The predicted molar refractivity (Wildman–Crippen MR) is 161 cm³/mol. The summed E-state index contributed by atoms with van der Waals surface area (Å²) in [5.41, 5.74) is 0.893. The van der Waals surface area contributed by atoms with Crippen LogP contribution >= 0.6 is 11.3 Å². The number of pyridine rings is 1. The van der Waals surface area contributed by atoms with Crippen LogP contribution < -0.4 is 5.32 Å². The number of carbonyl (C=O) groups excluding carboxylic acids is 3. The Morgan fingerprint density at radius 2 is 1.77 bits per heavy atom. The highest BCUT2D eigenvalue weighted by Gasteiger charge is 2.61. The molecule has 43 heavy (non-hydrogen) atoms. The lowest BCUT2D eigenvalue weighted by Crippen LogP contribution is -2.66. The van der Waals surface area contributed by atoms with E-state index in [0.717, 1.165) is 31.4 Å². The van der Waals surface area contributed by atoms with E-state index < -0.39 is 28.4 Å². The summed E-state index contributed by atoms with van der Waals surface area (Å²) < 4.78 is 5.52. The van der Waals surface area contributed by atoms with Gasteiger partial charge in [0.15, 0.2) is 0 Å². The van der Waals surface area contributed by atoms with E-state index in [0.29, 0.717) is 49.3 Å². The van der Waals surface area contributed by atoms with E-state index in [1.807, 2.05) is 36.9 Å². The van der Waals surface area contributed by atoms with Gasteiger partial charge in [0, 0.05) is 61.8 Å². The highest BCUT2D eigenvalue weighted by Crippen LogP contribution is 2.50. The lowest BCUT2D eigenvalue weighted by molar-refractivity contribution is -0.159. The van der Waals surface area contributed by atoms with Crippen LogP contribution in [0.5, 0.6) is 0 Å². The van der Waals surface area contributed by atoms with E-state index in [-0.39, 0.29) is 30.2 Å². The van der Waals surface area contributed by atoms with Gasteiger partial charge in [-0.1, -0.05) is 19.9 Å². The summed E-state index contributed by atoms with van der Waals surface area (Å²) in [6.07, 6.45) is 5.47. The highest BCUT2D eigenvalue weighted by molar-refractivity contribution is 7.11. The summed E-state index contributed by atoms with van der Waals surface area (Å²) in [6.45, 7) is 10.3. The van der Waals surface area contributed by atoms with Crippen LogP contribution in [-0.4, -0.2) is 87.6 Å². The van der Waals surface area contributed by atoms with Gasteiger partial charge in [0.25, 0.3) is 5.91 Å². The lowest BCUT2D eigenvalue weighted by Gasteiger charge is -2.52. The number of ether oxygens (including phenoxy) is 1. The summed E-state index contributed by atoms with van der Waals surface area (Å²) in [5, 5.41) is 14.4. The molecule has 0 aromatic carbocycles. The second-order valence-corrected chi connectivity index (χ2v) is 15.0. The number of likely N-dealkylation sites (tertiary alicyclic amines) is 2. The van der Waals surface area contributed by atoms with Crippen molar-refractivity contribution in [1.29, 1.82) is 0 Å². The number of nitrogens with one attached hydrogen (secondary N) is 1. The van der Waals surface area contributed by atoms with Crippen LogP contribution in [0.3, 0.4) is 0 Å². The Labute approximate surface area is 257 Å². The van der Waals surface area contributed by atoms with Crippen molar-refractivity contribution in [2.45, 2.75) is 70.9 Å². The third-order valence-corrected chi connectivity index (χ3v) is 10.8. The topological polar surface area (TPSA) is 125 Å². The minimum Gasteiger partial charge on any atom is -0.388 e. The molecule has 2 N–H and O–H groups in total. The number of hydrogen-bond donors (Lipinski definition) is 2. The molecular formula is C32H43N5O5S. The van der Waals surface area contributed by atoms with Crippen molar-refractivity contribution in [3.8, 4) is 0 Å². The fraction of sp³-hybridized carbons (Fsp3) is 0.656. The molecule has 1 saturated carbocycles. The van der Waals surface area contributed by atoms with Gasteiger partial charge in [0.05, 0.1) is 35.0 Å². The normalized spacial score (nSPS) is 23.2. The number of aliphatic hydroxyl groups is 1. The number of hydrogen-bond acceptors (Lipinski definition) is 8. The molecule has 1 unspecified atom stereocenters. The van der Waals surface area contributed by atoms with Crippen LogP contribution in [0.15, 0.2) is 29.9 Å². The standard InChI is InChI=1S/C32H43N5O5S/c1-30(2,21-8-9-21)29(40)37-17-32(18-37)16-36(28(39)25-14-33-19-43-25)15-22(32)27(38)35-26(31(3,4)41)24-7-5-6-23(34-24)20-10-12-42-13-11-20/h5-7,14,19-22,26,41H,8-13,15-18H2,1-4H3,(H,35,38)/t22-,26?/m0/s1. The van der Waals surface area contributed by atoms with Crippen LogP contribution in [0.1, 0.15) is 86.4 Å². The minimum atomic E-state index is -1.29. The average Bonchev–Trinajstić information content (AvgIpc) is 3.54. The molecule has 2 aromatic rings. The number of carbonyl (C=O) groups is 3. The first-order valence-electron chi connectivity index (χ1n) is 15.4. The molecule has 10 nitrogen and oxygen atoms in total. The largest absolute Gasteiger partial charge is 0.388 e. The van der Waals surface area contributed by atoms with Gasteiger partial charge in [-0.2, -0.15) is 0 Å². The highest BCUT2D eigenvalue weighted by atomic mass is 32.1. The molecule has 11 heteroatoms. The molecule has 3 aliphatic heterocycles. The molecule has 1 spiro atoms. The Morgan fingerprint density at radius 3 is 2.40 bits per heavy atom.